The standard InChI is InChI=1S/C21H25N5O4.C19H22N4O3.C18H20N4O3.C17H20N4O2/c1-14-15(20(29)23-21(22-14)25-9-11-30-12-10-25)7-8-18(27)26-13-19(28)24(2)16-5-3-4-6-17(16)26;1-12-15(19(26)21-13(2)20-12)8-9-18(25)23-11-10-22(14(3)24)16-6-4-5-7-17(16)23;1-11-13(18(25)20-12(2)19-11)8-9-16(23)22-10-17(24)21(3)14-6-4-5-7-15(14)22;1-11-13(17(23)20-12(2)19-11)7-8-16(22)21-10-9-18-14-5-3-4-6-15(14)21/h3-6H,7-13H2,1-2H3,(H,22,23,29);4-7H,8-11H2,1-3H3,(H,20,21,26);4-7H,8-10H2,1-3H3,(H,19,20,25);3-6,18H,7-10H2,1-2H3,(H,19,20,23). The Morgan fingerprint density at radius 3 is 1.12 bits per heavy atom. The highest BCUT2D eigenvalue weighted by atomic mass is 16.5. The molecule has 4 aromatic carbocycles. The lowest BCUT2D eigenvalue weighted by Crippen LogP contribution is -2.46. The van der Waals surface area contributed by atoms with E-state index in [1.54, 1.807) is 80.1 Å². The maximum atomic E-state index is 12.9. The minimum absolute atomic E-state index is 0.00406. The van der Waals surface area contributed by atoms with Crippen LogP contribution in [0.25, 0.3) is 0 Å². The van der Waals surface area contributed by atoms with Crippen LogP contribution in [-0.2, 0) is 64.0 Å². The average molecular weight is 1420 g/mol. The van der Waals surface area contributed by atoms with Crippen molar-refractivity contribution in [3.05, 3.63) is 201 Å². The van der Waals surface area contributed by atoms with Crippen molar-refractivity contribution in [1.29, 1.82) is 0 Å². The number of para-hydroxylation sites is 8. The van der Waals surface area contributed by atoms with Crippen LogP contribution in [0, 0.1) is 48.5 Å². The van der Waals surface area contributed by atoms with Crippen molar-refractivity contribution in [2.24, 2.45) is 0 Å². The van der Waals surface area contributed by atoms with Crippen molar-refractivity contribution >= 4 is 92.8 Å². The third-order valence-corrected chi connectivity index (χ3v) is 18.7. The van der Waals surface area contributed by atoms with E-state index >= 15 is 0 Å². The number of aromatic nitrogens is 8. The van der Waals surface area contributed by atoms with Gasteiger partial charge < -0.3 is 64.2 Å². The van der Waals surface area contributed by atoms with Gasteiger partial charge in [-0.15, -0.1) is 0 Å². The van der Waals surface area contributed by atoms with Crippen molar-refractivity contribution < 1.29 is 38.3 Å². The molecule has 0 spiro atoms. The topological polar surface area (TPSA) is 350 Å². The molecule has 104 heavy (non-hydrogen) atoms. The first-order chi connectivity index (χ1) is 49.8. The van der Waals surface area contributed by atoms with Crippen LogP contribution in [0.4, 0.5) is 51.4 Å². The number of likely N-dealkylation sites (N-methyl/N-ethyl adjacent to an activating group) is 2. The number of aryl methyl sites for hydroxylation is 7. The Kier molecular flexibility index (Phi) is 24.0. The number of aromatic amines is 4. The minimum atomic E-state index is -0.230. The average Bonchev–Trinajstić information content (AvgIpc) is 0.784. The van der Waals surface area contributed by atoms with Gasteiger partial charge in [-0.1, -0.05) is 48.5 Å². The number of carbonyl (C=O) groups excluding carboxylic acids is 7. The van der Waals surface area contributed by atoms with Crippen LogP contribution in [0.1, 0.15) is 95.1 Å². The molecule has 0 atom stereocenters. The summed E-state index contributed by atoms with van der Waals surface area (Å²) in [4.78, 5) is 178. The molecule has 7 amide bonds. The molecule has 5 aliphatic rings. The number of rotatable bonds is 13. The van der Waals surface area contributed by atoms with E-state index in [4.69, 9.17) is 4.74 Å². The monoisotopic (exact) mass is 1420 g/mol. The van der Waals surface area contributed by atoms with Crippen LogP contribution in [0.2, 0.25) is 0 Å². The number of fused-ring (bicyclic) bond motifs is 4. The van der Waals surface area contributed by atoms with Gasteiger partial charge >= 0.3 is 0 Å². The lowest BCUT2D eigenvalue weighted by molar-refractivity contribution is -0.122. The van der Waals surface area contributed by atoms with E-state index in [-0.39, 0.29) is 109 Å². The molecule has 0 saturated carbocycles. The first kappa shape index (κ1) is 74.9. The lowest BCUT2D eigenvalue weighted by Gasteiger charge is -2.36. The molecule has 9 heterocycles. The van der Waals surface area contributed by atoms with Crippen LogP contribution in [0.3, 0.4) is 0 Å². The molecular formula is C75H87N17O12. The Morgan fingerprint density at radius 1 is 0.394 bits per heavy atom. The number of morpholine rings is 1. The summed E-state index contributed by atoms with van der Waals surface area (Å²) in [6.07, 6.45) is 2.05. The van der Waals surface area contributed by atoms with Crippen molar-refractivity contribution in [3.8, 4) is 0 Å². The second-order valence-corrected chi connectivity index (χ2v) is 25.7. The third kappa shape index (κ3) is 17.4. The highest BCUT2D eigenvalue weighted by Gasteiger charge is 2.34. The van der Waals surface area contributed by atoms with Gasteiger partial charge in [0.15, 0.2) is 0 Å². The summed E-state index contributed by atoms with van der Waals surface area (Å²) in [7, 11) is 3.40. The quantitative estimate of drug-likeness (QED) is 0.0926. The summed E-state index contributed by atoms with van der Waals surface area (Å²) in [5.74, 6) is 1.50. The number of amides is 7. The van der Waals surface area contributed by atoms with Crippen LogP contribution < -0.4 is 66.8 Å². The van der Waals surface area contributed by atoms with E-state index in [1.807, 2.05) is 109 Å². The van der Waals surface area contributed by atoms with Crippen LogP contribution in [-0.4, -0.2) is 161 Å². The van der Waals surface area contributed by atoms with Gasteiger partial charge in [-0.25, -0.2) is 19.9 Å². The molecule has 1 fully saturated rings. The maximum absolute atomic E-state index is 12.9. The Hall–Kier alpha value is -11.8. The number of anilines is 9. The number of carbonyl (C=O) groups is 7. The van der Waals surface area contributed by atoms with Crippen LogP contribution in [0.15, 0.2) is 116 Å². The molecule has 8 aromatic rings. The predicted molar refractivity (Wildman–Crippen MR) is 397 cm³/mol. The highest BCUT2D eigenvalue weighted by Crippen LogP contribution is 2.36. The second-order valence-electron chi connectivity index (χ2n) is 25.7. The second kappa shape index (κ2) is 33.4. The number of hydrogen-bond donors (Lipinski definition) is 5. The molecule has 4 aromatic heterocycles. The number of ether oxygens (including phenoxy) is 1. The number of hydrogen-bond acceptors (Lipinski definition) is 18. The Balaban J connectivity index is 0.000000150. The molecular weight excluding hydrogens is 1330 g/mol. The summed E-state index contributed by atoms with van der Waals surface area (Å²) >= 11 is 0. The molecule has 5 N–H and O–H groups in total. The Labute approximate surface area is 600 Å². The van der Waals surface area contributed by atoms with Crippen molar-refractivity contribution in [2.45, 2.75) is 107 Å². The summed E-state index contributed by atoms with van der Waals surface area (Å²) in [6.45, 7) is 18.7. The summed E-state index contributed by atoms with van der Waals surface area (Å²) in [5.41, 5.74) is 10.1. The molecule has 13 rings (SSSR count). The summed E-state index contributed by atoms with van der Waals surface area (Å²) < 4.78 is 5.34. The molecule has 0 unspecified atom stereocenters. The smallest absolute Gasteiger partial charge is 0.255 e. The van der Waals surface area contributed by atoms with E-state index in [0.29, 0.717) is 156 Å². The molecule has 0 bridgehead atoms. The largest absolute Gasteiger partial charge is 0.382 e. The van der Waals surface area contributed by atoms with Gasteiger partial charge in [-0.05, 0) is 123 Å². The van der Waals surface area contributed by atoms with Gasteiger partial charge in [-0.3, -0.25) is 57.7 Å². The molecule has 1 saturated heterocycles. The minimum Gasteiger partial charge on any atom is -0.382 e. The van der Waals surface area contributed by atoms with E-state index in [1.165, 1.54) is 16.7 Å². The lowest BCUT2D eigenvalue weighted by atomic mass is 10.1. The summed E-state index contributed by atoms with van der Waals surface area (Å²) in [5, 5.41) is 3.29. The zero-order valence-electron chi connectivity index (χ0n) is 60.2. The van der Waals surface area contributed by atoms with Crippen molar-refractivity contribution in [3.63, 3.8) is 0 Å². The van der Waals surface area contributed by atoms with Crippen LogP contribution in [0.5, 0.6) is 0 Å². The third-order valence-electron chi connectivity index (χ3n) is 18.7. The Bertz CT molecular complexity index is 4850. The zero-order chi connectivity index (χ0) is 74.6. The fourth-order valence-corrected chi connectivity index (χ4v) is 13.2. The number of benzene rings is 4. The number of nitrogens with zero attached hydrogens (tertiary/aromatic N) is 12. The molecule has 29 nitrogen and oxygen atoms in total. The normalized spacial score (nSPS) is 14.4. The first-order valence-corrected chi connectivity index (χ1v) is 34.5. The van der Waals surface area contributed by atoms with Gasteiger partial charge in [0, 0.05) is 131 Å². The van der Waals surface area contributed by atoms with Gasteiger partial charge in [0.25, 0.3) is 22.2 Å². The van der Waals surface area contributed by atoms with Gasteiger partial charge in [-0.2, -0.15) is 0 Å². The SMILES string of the molecule is CC(=O)N1CCN(C(=O)CCc2c(C)nc(C)[nH]c2=O)c2ccccc21.Cc1nc(C)c(CCC(=O)N2CC(=O)N(C)c3ccccc32)c(=O)[nH]1.Cc1nc(C)c(CCC(=O)N2CCNc3ccccc32)c(=O)[nH]1.Cc1nc(N2CCOCC2)[nH]c(=O)c1CCC(=O)N1CC(=O)N(C)c2ccccc21. The maximum Gasteiger partial charge on any atom is 0.255 e. The number of H-pyrrole nitrogens is 4. The van der Waals surface area contributed by atoms with Gasteiger partial charge in [0.2, 0.25) is 47.3 Å². The Morgan fingerprint density at radius 2 is 0.721 bits per heavy atom. The van der Waals surface area contributed by atoms with Crippen LogP contribution >= 0.6 is 0 Å². The fraction of sp³-hybridized carbons (Fsp3) is 0.373. The fourth-order valence-electron chi connectivity index (χ4n) is 13.2. The van der Waals surface area contributed by atoms with E-state index in [9.17, 15) is 52.7 Å². The van der Waals surface area contributed by atoms with Crippen molar-refractivity contribution in [1.82, 2.24) is 39.9 Å². The van der Waals surface area contributed by atoms with E-state index in [0.717, 1.165) is 29.3 Å². The van der Waals surface area contributed by atoms with Gasteiger partial charge in [0.1, 0.15) is 30.6 Å². The highest BCUT2D eigenvalue weighted by molar-refractivity contribution is 6.12. The van der Waals surface area contributed by atoms with E-state index < -0.39 is 0 Å². The summed E-state index contributed by atoms with van der Waals surface area (Å²) in [6, 6.07) is 29.8. The van der Waals surface area contributed by atoms with Crippen molar-refractivity contribution in [2.75, 3.05) is 124 Å². The molecule has 29 heteroatoms. The predicted octanol–water partition coefficient (Wildman–Crippen LogP) is 5.68. The number of nitrogens with one attached hydrogen (secondary N) is 5. The molecule has 0 aliphatic carbocycles. The zero-order valence-corrected chi connectivity index (χ0v) is 60.2. The molecule has 5 aliphatic heterocycles. The first-order valence-electron chi connectivity index (χ1n) is 34.5. The molecule has 0 radical (unpaired) electrons. The van der Waals surface area contributed by atoms with Gasteiger partial charge in [0.05, 0.1) is 58.7 Å². The van der Waals surface area contributed by atoms with E-state index in [2.05, 4.69) is 45.2 Å². The molecule has 544 valence electrons.